The molecule has 1 rings (SSSR count). The van der Waals surface area contributed by atoms with Crippen LogP contribution in [0.15, 0.2) is 6.20 Å². The van der Waals surface area contributed by atoms with E-state index in [0.717, 1.165) is 0 Å². The van der Waals surface area contributed by atoms with Crippen LogP contribution in [0.4, 0.5) is 5.82 Å². The Morgan fingerprint density at radius 1 is 1.76 bits per heavy atom. The Morgan fingerprint density at radius 2 is 2.41 bits per heavy atom. The van der Waals surface area contributed by atoms with E-state index in [9.17, 15) is 10.1 Å². The van der Waals surface area contributed by atoms with Crippen molar-refractivity contribution in [3.05, 3.63) is 22.1 Å². The number of ether oxygens (including phenoxy) is 1. The molecule has 9 heteroatoms. The van der Waals surface area contributed by atoms with E-state index in [-0.39, 0.29) is 23.4 Å². The monoisotopic (exact) mass is 280 g/mol. The van der Waals surface area contributed by atoms with E-state index in [1.807, 2.05) is 0 Å². The number of halogens is 1. The highest BCUT2D eigenvalue weighted by molar-refractivity contribution is 7.80. The van der Waals surface area contributed by atoms with Crippen molar-refractivity contribution in [3.8, 4) is 0 Å². The predicted octanol–water partition coefficient (Wildman–Crippen LogP) is 1.04. The zero-order valence-corrected chi connectivity index (χ0v) is 11.0. The minimum absolute atomic E-state index is 0. The van der Waals surface area contributed by atoms with Crippen molar-refractivity contribution in [1.29, 1.82) is 0 Å². The smallest absolute Gasteiger partial charge is 0.342 e. The molecule has 1 N–H and O–H groups in total. The third-order valence-electron chi connectivity index (χ3n) is 2.01. The van der Waals surface area contributed by atoms with Crippen molar-refractivity contribution in [2.24, 2.45) is 0 Å². The molecule has 96 valence electrons. The van der Waals surface area contributed by atoms with Crippen molar-refractivity contribution >= 4 is 35.6 Å². The van der Waals surface area contributed by atoms with E-state index in [0.29, 0.717) is 18.9 Å². The summed E-state index contributed by atoms with van der Waals surface area (Å²) in [7, 11) is 1.46. The number of hydrogen-bond donors (Lipinski definition) is 1. The fourth-order valence-corrected chi connectivity index (χ4v) is 1.32. The van der Waals surface area contributed by atoms with Crippen molar-refractivity contribution in [1.82, 2.24) is 14.9 Å². The summed E-state index contributed by atoms with van der Waals surface area (Å²) >= 11 is 4.78. The predicted molar refractivity (Wildman–Crippen MR) is 68.5 cm³/mol. The Bertz CT molecular complexity index is 409. The van der Waals surface area contributed by atoms with Gasteiger partial charge in [-0.3, -0.25) is 0 Å². The maximum atomic E-state index is 10.7. The number of thiocarbonyl (C=S) groups is 1. The van der Waals surface area contributed by atoms with Gasteiger partial charge in [0.1, 0.15) is 12.7 Å². The molecule has 0 bridgehead atoms. The number of aromatic nitrogens is 2. The van der Waals surface area contributed by atoms with E-state index < -0.39 is 4.92 Å². The molecule has 0 aromatic carbocycles. The summed E-state index contributed by atoms with van der Waals surface area (Å²) in [6, 6.07) is 0. The van der Waals surface area contributed by atoms with E-state index in [1.165, 1.54) is 17.9 Å². The highest BCUT2D eigenvalue weighted by Crippen LogP contribution is 2.12. The maximum absolute atomic E-state index is 10.7. The minimum atomic E-state index is -0.464. The Labute approximate surface area is 110 Å². The van der Waals surface area contributed by atoms with Gasteiger partial charge in [0.2, 0.25) is 0 Å². The lowest BCUT2D eigenvalue weighted by Crippen LogP contribution is -2.27. The summed E-state index contributed by atoms with van der Waals surface area (Å²) in [5, 5.41) is 13.7. The first-order valence-corrected chi connectivity index (χ1v) is 4.95. The highest BCUT2D eigenvalue weighted by Gasteiger charge is 2.16. The first-order valence-electron chi connectivity index (χ1n) is 4.54. The van der Waals surface area contributed by atoms with Crippen LogP contribution in [0.1, 0.15) is 5.82 Å². The largest absolute Gasteiger partial charge is 0.474 e. The molecule has 0 saturated carbocycles. The second-order valence-corrected chi connectivity index (χ2v) is 3.36. The van der Waals surface area contributed by atoms with Crippen LogP contribution in [0.5, 0.6) is 0 Å². The number of nitrogens with one attached hydrogen (secondary N) is 1. The molecule has 0 radical (unpaired) electrons. The van der Waals surface area contributed by atoms with Crippen molar-refractivity contribution in [2.45, 2.75) is 13.5 Å². The number of hydrogen-bond acceptors (Lipinski definition) is 5. The van der Waals surface area contributed by atoms with E-state index in [1.54, 1.807) is 6.92 Å². The van der Waals surface area contributed by atoms with Gasteiger partial charge in [-0.1, -0.05) is 0 Å². The molecular formula is C8H13ClN4O3S. The van der Waals surface area contributed by atoms with Crippen molar-refractivity contribution in [2.75, 3.05) is 13.7 Å². The van der Waals surface area contributed by atoms with Crippen LogP contribution < -0.4 is 5.32 Å². The number of nitrogens with zero attached hydrogens (tertiary/aromatic N) is 3. The molecule has 0 aliphatic carbocycles. The van der Waals surface area contributed by atoms with Gasteiger partial charge in [-0.25, -0.2) is 9.55 Å². The van der Waals surface area contributed by atoms with Crippen LogP contribution in [-0.4, -0.2) is 33.3 Å². The van der Waals surface area contributed by atoms with Crippen LogP contribution in [0, 0.1) is 17.0 Å². The van der Waals surface area contributed by atoms with Gasteiger partial charge in [0.25, 0.3) is 5.17 Å². The molecular weight excluding hydrogens is 268 g/mol. The van der Waals surface area contributed by atoms with Crippen molar-refractivity contribution in [3.63, 3.8) is 0 Å². The Morgan fingerprint density at radius 3 is 2.94 bits per heavy atom. The lowest BCUT2D eigenvalue weighted by Gasteiger charge is -2.06. The van der Waals surface area contributed by atoms with Gasteiger partial charge in [0.15, 0.2) is 5.82 Å². The summed E-state index contributed by atoms with van der Waals surface area (Å²) in [6.07, 6.45) is 1.24. The van der Waals surface area contributed by atoms with E-state index >= 15 is 0 Å². The topological polar surface area (TPSA) is 82.2 Å². The molecule has 1 heterocycles. The number of imidazole rings is 1. The Kier molecular flexibility index (Phi) is 6.44. The molecule has 0 aliphatic rings. The second-order valence-electron chi connectivity index (χ2n) is 2.99. The van der Waals surface area contributed by atoms with Gasteiger partial charge >= 0.3 is 5.82 Å². The number of rotatable bonds is 4. The van der Waals surface area contributed by atoms with Gasteiger partial charge in [0, 0.05) is 6.92 Å². The molecule has 7 nitrogen and oxygen atoms in total. The lowest BCUT2D eigenvalue weighted by molar-refractivity contribution is -0.392. The molecule has 17 heavy (non-hydrogen) atoms. The third kappa shape index (κ3) is 4.16. The summed E-state index contributed by atoms with van der Waals surface area (Å²) < 4.78 is 6.24. The standard InChI is InChI=1S/C8H12N4O3S.ClH/c1-6-10-5-7(12(13)14)11(6)4-3-9-8(16)15-2;/h5H,3-4H2,1-2H3,(H,9,16);1H. The lowest BCUT2D eigenvalue weighted by atomic mass is 10.5. The molecule has 0 spiro atoms. The Balaban J connectivity index is 0.00000256. The zero-order chi connectivity index (χ0) is 12.1. The average molecular weight is 281 g/mol. The van der Waals surface area contributed by atoms with Gasteiger partial charge in [-0.15, -0.1) is 12.4 Å². The quantitative estimate of drug-likeness (QED) is 0.504. The molecule has 1 aromatic rings. The third-order valence-corrected chi connectivity index (χ3v) is 2.32. The fraction of sp³-hybridized carbons (Fsp3) is 0.500. The average Bonchev–Trinajstić information content (AvgIpc) is 2.60. The number of aryl methyl sites for hydroxylation is 1. The van der Waals surface area contributed by atoms with E-state index in [2.05, 4.69) is 10.3 Å². The van der Waals surface area contributed by atoms with Gasteiger partial charge in [0.05, 0.1) is 13.7 Å². The zero-order valence-electron chi connectivity index (χ0n) is 9.37. The van der Waals surface area contributed by atoms with Crippen LogP contribution in [0.25, 0.3) is 0 Å². The van der Waals surface area contributed by atoms with Crippen LogP contribution in [-0.2, 0) is 11.3 Å². The summed E-state index contributed by atoms with van der Waals surface area (Å²) in [6.45, 7) is 2.57. The SMILES string of the molecule is COC(=S)NCCn1c([N+](=O)[O-])cnc1C.Cl. The normalized spacial score (nSPS) is 9.29. The van der Waals surface area contributed by atoms with Gasteiger partial charge in [-0.2, -0.15) is 0 Å². The molecule has 0 atom stereocenters. The molecule has 0 fully saturated rings. The minimum Gasteiger partial charge on any atom is -0.474 e. The number of nitro groups is 1. The molecule has 1 aromatic heterocycles. The highest BCUT2D eigenvalue weighted by atomic mass is 35.5. The van der Waals surface area contributed by atoms with Crippen LogP contribution >= 0.6 is 24.6 Å². The van der Waals surface area contributed by atoms with Gasteiger partial charge in [-0.05, 0) is 17.1 Å². The second kappa shape index (κ2) is 7.02. The van der Waals surface area contributed by atoms with Gasteiger partial charge < -0.3 is 20.2 Å². The van der Waals surface area contributed by atoms with Crippen LogP contribution in [0.2, 0.25) is 0 Å². The first-order chi connectivity index (χ1) is 7.56. The Hall–Kier alpha value is -1.41. The van der Waals surface area contributed by atoms with Crippen molar-refractivity contribution < 1.29 is 9.66 Å². The summed E-state index contributed by atoms with van der Waals surface area (Å²) in [5.41, 5.74) is 0. The maximum Gasteiger partial charge on any atom is 0.342 e. The molecule has 0 amide bonds. The number of methoxy groups -OCH3 is 1. The summed E-state index contributed by atoms with van der Waals surface area (Å²) in [4.78, 5) is 14.1. The molecule has 0 unspecified atom stereocenters. The molecule has 0 aliphatic heterocycles. The first kappa shape index (κ1) is 15.6. The summed E-state index contributed by atoms with van der Waals surface area (Å²) in [5.74, 6) is 0.569. The fourth-order valence-electron chi connectivity index (χ4n) is 1.22. The van der Waals surface area contributed by atoms with E-state index in [4.69, 9.17) is 17.0 Å². The molecule has 0 saturated heterocycles. The van der Waals surface area contributed by atoms with Crippen LogP contribution in [0.3, 0.4) is 0 Å².